The van der Waals surface area contributed by atoms with Gasteiger partial charge in [0, 0.05) is 32.2 Å². The van der Waals surface area contributed by atoms with E-state index < -0.39 is 5.82 Å². The summed E-state index contributed by atoms with van der Waals surface area (Å²) in [7, 11) is 0. The number of hydrogen-bond donors (Lipinski definition) is 2. The van der Waals surface area contributed by atoms with Crippen LogP contribution in [0.3, 0.4) is 0 Å². The zero-order chi connectivity index (χ0) is 18.4. The largest absolute Gasteiger partial charge is 0.353 e. The maximum atomic E-state index is 13.0. The fourth-order valence-electron chi connectivity index (χ4n) is 2.52. The fraction of sp³-hybridized carbons (Fsp3) is 0.529. The van der Waals surface area contributed by atoms with Crippen molar-refractivity contribution in [2.75, 3.05) is 38.0 Å². The standard InChI is InChI=1S/C17H24ClFN4O2/c1-3-12(2)20-16(24)11-22-6-8-23(9-7-22)17(25)21-15-5-4-13(19)10-14(15)18/h4-5,10,12H,3,6-9,11H2,1-2H3,(H,20,24)(H,21,25). The molecule has 1 heterocycles. The predicted molar refractivity (Wildman–Crippen MR) is 96.3 cm³/mol. The highest BCUT2D eigenvalue weighted by molar-refractivity contribution is 6.33. The first-order valence-corrected chi connectivity index (χ1v) is 8.79. The van der Waals surface area contributed by atoms with Crippen LogP contribution in [-0.4, -0.2) is 60.5 Å². The maximum absolute atomic E-state index is 13.0. The lowest BCUT2D eigenvalue weighted by atomic mass is 10.2. The van der Waals surface area contributed by atoms with Gasteiger partial charge in [0.2, 0.25) is 5.91 Å². The number of nitrogens with zero attached hydrogens (tertiary/aromatic N) is 2. The predicted octanol–water partition coefficient (Wildman–Crippen LogP) is 2.54. The van der Waals surface area contributed by atoms with E-state index in [0.29, 0.717) is 38.4 Å². The summed E-state index contributed by atoms with van der Waals surface area (Å²) in [4.78, 5) is 27.9. The second-order valence-electron chi connectivity index (χ2n) is 6.19. The molecule has 1 fully saturated rings. The first kappa shape index (κ1) is 19.5. The highest BCUT2D eigenvalue weighted by atomic mass is 35.5. The van der Waals surface area contributed by atoms with Gasteiger partial charge in [0.15, 0.2) is 0 Å². The third-order valence-electron chi connectivity index (χ3n) is 4.22. The first-order chi connectivity index (χ1) is 11.9. The van der Waals surface area contributed by atoms with Crippen LogP contribution in [-0.2, 0) is 4.79 Å². The van der Waals surface area contributed by atoms with E-state index in [1.807, 2.05) is 18.7 Å². The molecule has 6 nitrogen and oxygen atoms in total. The molecule has 138 valence electrons. The highest BCUT2D eigenvalue weighted by Gasteiger charge is 2.23. The minimum Gasteiger partial charge on any atom is -0.353 e. The van der Waals surface area contributed by atoms with Gasteiger partial charge in [-0.3, -0.25) is 9.69 Å². The number of halogens is 2. The maximum Gasteiger partial charge on any atom is 0.321 e. The third-order valence-corrected chi connectivity index (χ3v) is 4.53. The number of amides is 3. The molecule has 25 heavy (non-hydrogen) atoms. The molecule has 0 aromatic heterocycles. The van der Waals surface area contributed by atoms with Crippen LogP contribution in [0.4, 0.5) is 14.9 Å². The van der Waals surface area contributed by atoms with Crippen LogP contribution in [0.5, 0.6) is 0 Å². The average Bonchev–Trinajstić information content (AvgIpc) is 2.57. The van der Waals surface area contributed by atoms with Crippen LogP contribution >= 0.6 is 11.6 Å². The van der Waals surface area contributed by atoms with Gasteiger partial charge in [-0.25, -0.2) is 9.18 Å². The monoisotopic (exact) mass is 370 g/mol. The van der Waals surface area contributed by atoms with Crippen molar-refractivity contribution in [3.63, 3.8) is 0 Å². The van der Waals surface area contributed by atoms with E-state index in [1.165, 1.54) is 12.1 Å². The Kier molecular flexibility index (Phi) is 7.01. The van der Waals surface area contributed by atoms with Crippen molar-refractivity contribution in [3.8, 4) is 0 Å². The van der Waals surface area contributed by atoms with Gasteiger partial charge in [-0.05, 0) is 31.5 Å². The number of urea groups is 1. The molecule has 2 N–H and O–H groups in total. The molecular weight excluding hydrogens is 347 g/mol. The van der Waals surface area contributed by atoms with E-state index in [0.717, 1.165) is 12.5 Å². The van der Waals surface area contributed by atoms with Crippen molar-refractivity contribution in [3.05, 3.63) is 29.0 Å². The van der Waals surface area contributed by atoms with Gasteiger partial charge in [-0.1, -0.05) is 18.5 Å². The summed E-state index contributed by atoms with van der Waals surface area (Å²) in [5.41, 5.74) is 0.378. The van der Waals surface area contributed by atoms with Crippen LogP contribution in [0.1, 0.15) is 20.3 Å². The summed E-state index contributed by atoms with van der Waals surface area (Å²) >= 11 is 5.92. The zero-order valence-electron chi connectivity index (χ0n) is 14.5. The molecule has 1 aromatic carbocycles. The van der Waals surface area contributed by atoms with Crippen molar-refractivity contribution < 1.29 is 14.0 Å². The van der Waals surface area contributed by atoms with Gasteiger partial charge in [0.1, 0.15) is 5.82 Å². The van der Waals surface area contributed by atoms with Crippen LogP contribution < -0.4 is 10.6 Å². The van der Waals surface area contributed by atoms with E-state index in [-0.39, 0.29) is 23.0 Å². The zero-order valence-corrected chi connectivity index (χ0v) is 15.3. The average molecular weight is 371 g/mol. The number of benzene rings is 1. The van der Waals surface area contributed by atoms with Gasteiger partial charge in [0.25, 0.3) is 0 Å². The molecule has 1 unspecified atom stereocenters. The molecule has 0 radical (unpaired) electrons. The van der Waals surface area contributed by atoms with Crippen molar-refractivity contribution in [1.82, 2.24) is 15.1 Å². The summed E-state index contributed by atoms with van der Waals surface area (Å²) in [5, 5.41) is 5.78. The summed E-state index contributed by atoms with van der Waals surface area (Å²) in [5.74, 6) is -0.447. The summed E-state index contributed by atoms with van der Waals surface area (Å²) < 4.78 is 13.0. The number of anilines is 1. The second kappa shape index (κ2) is 9.01. The number of piperazine rings is 1. The van der Waals surface area contributed by atoms with Gasteiger partial charge < -0.3 is 15.5 Å². The molecule has 1 atom stereocenters. The highest BCUT2D eigenvalue weighted by Crippen LogP contribution is 2.22. The minimum atomic E-state index is -0.452. The molecule has 1 aliphatic heterocycles. The Morgan fingerprint density at radius 2 is 1.96 bits per heavy atom. The number of carbonyl (C=O) groups is 2. The summed E-state index contributed by atoms with van der Waals surface area (Å²) in [6.07, 6.45) is 0.894. The van der Waals surface area contributed by atoms with Gasteiger partial charge in [-0.15, -0.1) is 0 Å². The summed E-state index contributed by atoms with van der Waals surface area (Å²) in [6.45, 7) is 6.61. The summed E-state index contributed by atoms with van der Waals surface area (Å²) in [6, 6.07) is 3.73. The van der Waals surface area contributed by atoms with E-state index >= 15 is 0 Å². The lowest BCUT2D eigenvalue weighted by Gasteiger charge is -2.34. The normalized spacial score (nSPS) is 16.4. The molecule has 1 aromatic rings. The second-order valence-corrected chi connectivity index (χ2v) is 6.60. The lowest BCUT2D eigenvalue weighted by Crippen LogP contribution is -2.52. The Hall–Kier alpha value is -1.86. The molecule has 0 aliphatic carbocycles. The smallest absolute Gasteiger partial charge is 0.321 e. The number of hydrogen-bond acceptors (Lipinski definition) is 3. The molecule has 0 spiro atoms. The molecule has 0 bridgehead atoms. The molecule has 1 saturated heterocycles. The topological polar surface area (TPSA) is 64.7 Å². The van der Waals surface area contributed by atoms with Gasteiger partial charge >= 0.3 is 6.03 Å². The SMILES string of the molecule is CCC(C)NC(=O)CN1CCN(C(=O)Nc2ccc(F)cc2Cl)CC1. The van der Waals surface area contributed by atoms with Crippen LogP contribution in [0.2, 0.25) is 5.02 Å². The molecule has 1 aliphatic rings. The molecule has 0 saturated carbocycles. The number of nitrogens with one attached hydrogen (secondary N) is 2. The van der Waals surface area contributed by atoms with Gasteiger partial charge in [-0.2, -0.15) is 0 Å². The van der Waals surface area contributed by atoms with E-state index in [9.17, 15) is 14.0 Å². The fourth-order valence-corrected chi connectivity index (χ4v) is 2.73. The Morgan fingerprint density at radius 1 is 1.28 bits per heavy atom. The van der Waals surface area contributed by atoms with Crippen molar-refractivity contribution in [1.29, 1.82) is 0 Å². The first-order valence-electron chi connectivity index (χ1n) is 8.41. The number of carbonyl (C=O) groups excluding carboxylic acids is 2. The van der Waals surface area contributed by atoms with Crippen LogP contribution in [0.25, 0.3) is 0 Å². The quantitative estimate of drug-likeness (QED) is 0.837. The molecule has 2 rings (SSSR count). The van der Waals surface area contributed by atoms with Crippen molar-refractivity contribution >= 4 is 29.2 Å². The Labute approximate surface area is 152 Å². The van der Waals surface area contributed by atoms with E-state index in [2.05, 4.69) is 10.6 Å². The van der Waals surface area contributed by atoms with Gasteiger partial charge in [0.05, 0.1) is 17.3 Å². The van der Waals surface area contributed by atoms with Crippen molar-refractivity contribution in [2.45, 2.75) is 26.3 Å². The van der Waals surface area contributed by atoms with E-state index in [1.54, 1.807) is 4.90 Å². The van der Waals surface area contributed by atoms with Crippen LogP contribution in [0, 0.1) is 5.82 Å². The number of rotatable bonds is 5. The lowest BCUT2D eigenvalue weighted by molar-refractivity contribution is -0.123. The molecular formula is C17H24ClFN4O2. The van der Waals surface area contributed by atoms with Crippen molar-refractivity contribution in [2.24, 2.45) is 0 Å². The molecule has 8 heteroatoms. The molecule has 3 amide bonds. The van der Waals surface area contributed by atoms with Crippen LogP contribution in [0.15, 0.2) is 18.2 Å². The van der Waals surface area contributed by atoms with E-state index in [4.69, 9.17) is 11.6 Å². The minimum absolute atomic E-state index is 0.00495. The Morgan fingerprint density at radius 3 is 2.56 bits per heavy atom. The Bertz CT molecular complexity index is 621. The Balaban J connectivity index is 1.79. The third kappa shape index (κ3) is 5.86.